The maximum atomic E-state index is 13.1. The Labute approximate surface area is 124 Å². The van der Waals surface area contributed by atoms with E-state index in [-0.39, 0.29) is 5.56 Å². The first kappa shape index (κ1) is 13.8. The highest BCUT2D eigenvalue weighted by molar-refractivity contribution is 14.1. The van der Waals surface area contributed by atoms with Crippen LogP contribution in [-0.4, -0.2) is 5.91 Å². The average Bonchev–Trinajstić information content (AvgIpc) is 2.34. The van der Waals surface area contributed by atoms with E-state index < -0.39 is 11.7 Å². The maximum Gasteiger partial charge on any atom is 0.250 e. The van der Waals surface area contributed by atoms with Crippen LogP contribution in [0, 0.1) is 16.3 Å². The first-order valence-corrected chi connectivity index (χ1v) is 6.68. The van der Waals surface area contributed by atoms with E-state index in [1.807, 2.05) is 25.1 Å². The van der Waals surface area contributed by atoms with Crippen molar-refractivity contribution in [2.24, 2.45) is 5.73 Å². The highest BCUT2D eigenvalue weighted by Gasteiger charge is 2.10. The zero-order chi connectivity index (χ0) is 14.0. The molecule has 0 unspecified atom stereocenters. The number of hydrogen-bond donors (Lipinski definition) is 2. The number of benzene rings is 2. The van der Waals surface area contributed by atoms with Crippen molar-refractivity contribution < 1.29 is 9.18 Å². The fraction of sp³-hybridized carbons (Fsp3) is 0.0714. The molecule has 19 heavy (non-hydrogen) atoms. The Morgan fingerprint density at radius 1 is 1.21 bits per heavy atom. The van der Waals surface area contributed by atoms with Gasteiger partial charge in [0, 0.05) is 9.26 Å². The van der Waals surface area contributed by atoms with Crippen LogP contribution in [0.3, 0.4) is 0 Å². The molecule has 2 aromatic carbocycles. The minimum Gasteiger partial charge on any atom is -0.366 e. The van der Waals surface area contributed by atoms with E-state index in [1.54, 1.807) is 0 Å². The van der Waals surface area contributed by atoms with Crippen LogP contribution < -0.4 is 11.1 Å². The molecule has 0 saturated carbocycles. The number of nitrogens with one attached hydrogen (secondary N) is 1. The number of rotatable bonds is 3. The molecule has 0 spiro atoms. The van der Waals surface area contributed by atoms with Gasteiger partial charge in [-0.15, -0.1) is 0 Å². The van der Waals surface area contributed by atoms with Gasteiger partial charge < -0.3 is 11.1 Å². The molecule has 0 aromatic heterocycles. The van der Waals surface area contributed by atoms with Crippen molar-refractivity contribution >= 4 is 39.9 Å². The van der Waals surface area contributed by atoms with Gasteiger partial charge in [0.05, 0.1) is 11.3 Å². The lowest BCUT2D eigenvalue weighted by Gasteiger charge is -2.12. The van der Waals surface area contributed by atoms with E-state index in [4.69, 9.17) is 5.73 Å². The molecule has 5 heteroatoms. The summed E-state index contributed by atoms with van der Waals surface area (Å²) in [6.07, 6.45) is 0. The lowest BCUT2D eigenvalue weighted by atomic mass is 10.1. The van der Waals surface area contributed by atoms with Gasteiger partial charge in [-0.05, 0) is 71.5 Å². The van der Waals surface area contributed by atoms with E-state index in [1.165, 1.54) is 12.1 Å². The number of primary amides is 1. The van der Waals surface area contributed by atoms with Crippen molar-refractivity contribution in [2.45, 2.75) is 6.92 Å². The lowest BCUT2D eigenvalue weighted by Crippen LogP contribution is -2.13. The third-order valence-corrected chi connectivity index (χ3v) is 3.38. The monoisotopic (exact) mass is 370 g/mol. The smallest absolute Gasteiger partial charge is 0.250 e. The quantitative estimate of drug-likeness (QED) is 0.812. The van der Waals surface area contributed by atoms with Gasteiger partial charge in [-0.25, -0.2) is 4.39 Å². The van der Waals surface area contributed by atoms with Gasteiger partial charge in [0.25, 0.3) is 5.91 Å². The molecule has 3 N–H and O–H groups in total. The van der Waals surface area contributed by atoms with E-state index in [0.29, 0.717) is 5.69 Å². The van der Waals surface area contributed by atoms with E-state index in [9.17, 15) is 9.18 Å². The molecule has 0 heterocycles. The van der Waals surface area contributed by atoms with Gasteiger partial charge in [0.1, 0.15) is 5.82 Å². The summed E-state index contributed by atoms with van der Waals surface area (Å²) in [5.41, 5.74) is 7.78. The van der Waals surface area contributed by atoms with Gasteiger partial charge in [-0.3, -0.25) is 4.79 Å². The van der Waals surface area contributed by atoms with Crippen LogP contribution in [0.1, 0.15) is 15.9 Å². The highest BCUT2D eigenvalue weighted by Crippen LogP contribution is 2.25. The van der Waals surface area contributed by atoms with Crippen molar-refractivity contribution in [1.82, 2.24) is 0 Å². The van der Waals surface area contributed by atoms with Crippen molar-refractivity contribution in [3.63, 3.8) is 0 Å². The van der Waals surface area contributed by atoms with Crippen molar-refractivity contribution in [3.05, 3.63) is 56.9 Å². The van der Waals surface area contributed by atoms with Crippen molar-refractivity contribution in [1.29, 1.82) is 0 Å². The van der Waals surface area contributed by atoms with Gasteiger partial charge in [-0.1, -0.05) is 0 Å². The van der Waals surface area contributed by atoms with Crippen LogP contribution in [0.25, 0.3) is 0 Å². The minimum absolute atomic E-state index is 0.137. The lowest BCUT2D eigenvalue weighted by molar-refractivity contribution is 0.100. The molecule has 98 valence electrons. The molecule has 3 nitrogen and oxygen atoms in total. The summed E-state index contributed by atoms with van der Waals surface area (Å²) in [5, 5.41) is 3.11. The van der Waals surface area contributed by atoms with Gasteiger partial charge >= 0.3 is 0 Å². The third-order valence-electron chi connectivity index (χ3n) is 2.70. The van der Waals surface area contributed by atoms with Crippen molar-refractivity contribution in [2.75, 3.05) is 5.32 Å². The van der Waals surface area contributed by atoms with E-state index in [2.05, 4.69) is 27.9 Å². The molecule has 0 aliphatic rings. The zero-order valence-corrected chi connectivity index (χ0v) is 12.4. The zero-order valence-electron chi connectivity index (χ0n) is 10.2. The van der Waals surface area contributed by atoms with E-state index in [0.717, 1.165) is 20.9 Å². The Morgan fingerprint density at radius 3 is 2.53 bits per heavy atom. The highest BCUT2D eigenvalue weighted by atomic mass is 127. The number of halogens is 2. The average molecular weight is 370 g/mol. The molecular weight excluding hydrogens is 358 g/mol. The number of aryl methyl sites for hydroxylation is 1. The summed E-state index contributed by atoms with van der Waals surface area (Å²) < 4.78 is 14.3. The molecule has 0 aliphatic carbocycles. The Hall–Kier alpha value is -1.63. The summed E-state index contributed by atoms with van der Waals surface area (Å²) in [6, 6.07) is 9.79. The first-order valence-electron chi connectivity index (χ1n) is 5.60. The second-order valence-corrected chi connectivity index (χ2v) is 5.38. The van der Waals surface area contributed by atoms with Gasteiger partial charge in [0.15, 0.2) is 0 Å². The normalized spacial score (nSPS) is 10.3. The largest absolute Gasteiger partial charge is 0.366 e. The molecule has 2 rings (SSSR count). The molecule has 0 atom stereocenters. The van der Waals surface area contributed by atoms with E-state index >= 15 is 0 Å². The number of nitrogens with two attached hydrogens (primary N) is 1. The van der Waals surface area contributed by atoms with Crippen LogP contribution in [0.2, 0.25) is 0 Å². The van der Waals surface area contributed by atoms with Crippen LogP contribution in [-0.2, 0) is 0 Å². The fourth-order valence-corrected chi connectivity index (χ4v) is 2.39. The Morgan fingerprint density at radius 2 is 1.89 bits per heavy atom. The van der Waals surface area contributed by atoms with Crippen LogP contribution in [0.5, 0.6) is 0 Å². The topological polar surface area (TPSA) is 55.1 Å². The second kappa shape index (κ2) is 5.56. The molecule has 0 bridgehead atoms. The van der Waals surface area contributed by atoms with Gasteiger partial charge in [0.2, 0.25) is 0 Å². The number of carbonyl (C=O) groups is 1. The SMILES string of the molecule is Cc1cc(I)ccc1Nc1ccc(F)cc1C(N)=O. The Balaban J connectivity index is 2.40. The fourth-order valence-electron chi connectivity index (χ4n) is 1.74. The maximum absolute atomic E-state index is 13.1. The standard InChI is InChI=1S/C14H12FIN2O/c1-8-6-10(16)3-5-12(8)18-13-4-2-9(15)7-11(13)14(17)19/h2-7,18H,1H3,(H2,17,19). The molecule has 0 fully saturated rings. The predicted octanol–water partition coefficient (Wildman–Crippen LogP) is 3.58. The summed E-state index contributed by atoms with van der Waals surface area (Å²) >= 11 is 2.22. The third kappa shape index (κ3) is 3.23. The number of hydrogen-bond acceptors (Lipinski definition) is 2. The minimum atomic E-state index is -0.662. The molecule has 2 aromatic rings. The number of anilines is 2. The van der Waals surface area contributed by atoms with Crippen LogP contribution >= 0.6 is 22.6 Å². The predicted molar refractivity (Wildman–Crippen MR) is 82.1 cm³/mol. The van der Waals surface area contributed by atoms with Crippen LogP contribution in [0.4, 0.5) is 15.8 Å². The Kier molecular flexibility index (Phi) is 4.04. The molecule has 1 amide bonds. The van der Waals surface area contributed by atoms with Crippen LogP contribution in [0.15, 0.2) is 36.4 Å². The molecule has 0 aliphatic heterocycles. The molecule has 0 radical (unpaired) electrons. The van der Waals surface area contributed by atoms with Crippen molar-refractivity contribution in [3.8, 4) is 0 Å². The Bertz CT molecular complexity index is 643. The summed E-state index contributed by atoms with van der Waals surface area (Å²) in [4.78, 5) is 11.3. The number of amides is 1. The van der Waals surface area contributed by atoms with Gasteiger partial charge in [-0.2, -0.15) is 0 Å². The molecule has 0 saturated heterocycles. The second-order valence-electron chi connectivity index (χ2n) is 4.14. The summed E-state index contributed by atoms with van der Waals surface area (Å²) in [7, 11) is 0. The summed E-state index contributed by atoms with van der Waals surface area (Å²) in [6.45, 7) is 1.96. The molecular formula is C14H12FIN2O. The first-order chi connectivity index (χ1) is 8.97. The summed E-state index contributed by atoms with van der Waals surface area (Å²) in [5.74, 6) is -1.15. The number of carbonyl (C=O) groups excluding carboxylic acids is 1.